The van der Waals surface area contributed by atoms with Crippen LogP contribution in [0, 0.1) is 0 Å². The average Bonchev–Trinajstić information content (AvgIpc) is 2.52. The molecule has 0 saturated carbocycles. The maximum atomic E-state index is 12.3. The Kier molecular flexibility index (Phi) is 3.98. The Balaban J connectivity index is 1.79. The van der Waals surface area contributed by atoms with Crippen LogP contribution in [0.15, 0.2) is 35.1 Å². The molecule has 3 N–H and O–H groups in total. The van der Waals surface area contributed by atoms with Gasteiger partial charge in [0.1, 0.15) is 0 Å². The number of pyridine rings is 1. The maximum Gasteiger partial charge on any atom is 0.252 e. The number of carbonyl (C=O) groups is 1. The molecule has 1 aliphatic heterocycles. The Labute approximate surface area is 121 Å². The monoisotopic (exact) mass is 287 g/mol. The molecule has 21 heavy (non-hydrogen) atoms. The van der Waals surface area contributed by atoms with Crippen LogP contribution in [0.5, 0.6) is 0 Å². The number of fused-ring (bicyclic) bond motifs is 1. The number of amides is 1. The van der Waals surface area contributed by atoms with E-state index in [1.165, 1.54) is 6.07 Å². The number of rotatable bonds is 3. The van der Waals surface area contributed by atoms with Gasteiger partial charge in [0.15, 0.2) is 0 Å². The minimum Gasteiger partial charge on any atom is -0.374 e. The average molecular weight is 287 g/mol. The summed E-state index contributed by atoms with van der Waals surface area (Å²) in [7, 11) is 0. The van der Waals surface area contributed by atoms with Crippen LogP contribution in [0.25, 0.3) is 10.9 Å². The third kappa shape index (κ3) is 3.12. The van der Waals surface area contributed by atoms with Gasteiger partial charge in [0, 0.05) is 36.6 Å². The molecule has 1 aromatic heterocycles. The highest BCUT2D eigenvalue weighted by molar-refractivity contribution is 6.05. The number of ether oxygens (including phenoxy) is 1. The minimum atomic E-state index is -0.283. The van der Waals surface area contributed by atoms with Gasteiger partial charge in [0.2, 0.25) is 5.56 Å². The van der Waals surface area contributed by atoms with Crippen molar-refractivity contribution in [3.8, 4) is 0 Å². The van der Waals surface area contributed by atoms with E-state index in [-0.39, 0.29) is 17.6 Å². The molecule has 1 aliphatic rings. The molecule has 0 spiro atoms. The van der Waals surface area contributed by atoms with Crippen LogP contribution in [0.3, 0.4) is 0 Å². The lowest BCUT2D eigenvalue weighted by Gasteiger charge is -2.23. The molecule has 6 nitrogen and oxygen atoms in total. The molecule has 1 atom stereocenters. The number of hydrogen-bond donors (Lipinski definition) is 3. The zero-order valence-corrected chi connectivity index (χ0v) is 11.5. The molecule has 0 radical (unpaired) electrons. The van der Waals surface area contributed by atoms with E-state index in [0.717, 1.165) is 18.5 Å². The molecule has 1 saturated heterocycles. The predicted molar refractivity (Wildman–Crippen MR) is 79.5 cm³/mol. The first-order valence-corrected chi connectivity index (χ1v) is 6.96. The van der Waals surface area contributed by atoms with Crippen molar-refractivity contribution in [1.82, 2.24) is 15.6 Å². The molecule has 0 bridgehead atoms. The number of H-pyrrole nitrogens is 1. The Bertz CT molecular complexity index is 705. The highest BCUT2D eigenvalue weighted by atomic mass is 16.5. The van der Waals surface area contributed by atoms with Crippen molar-refractivity contribution in [1.29, 1.82) is 0 Å². The number of aromatic nitrogens is 1. The van der Waals surface area contributed by atoms with E-state index in [9.17, 15) is 9.59 Å². The van der Waals surface area contributed by atoms with E-state index in [4.69, 9.17) is 4.74 Å². The summed E-state index contributed by atoms with van der Waals surface area (Å²) in [6.07, 6.45) is -0.0315. The summed E-state index contributed by atoms with van der Waals surface area (Å²) < 4.78 is 5.53. The zero-order valence-electron chi connectivity index (χ0n) is 11.5. The van der Waals surface area contributed by atoms with Crippen molar-refractivity contribution in [3.63, 3.8) is 0 Å². The number of aromatic amines is 1. The van der Waals surface area contributed by atoms with Crippen molar-refractivity contribution in [2.45, 2.75) is 6.10 Å². The first-order chi connectivity index (χ1) is 10.2. The fourth-order valence-electron chi connectivity index (χ4n) is 2.45. The normalized spacial score (nSPS) is 18.6. The Morgan fingerprint density at radius 1 is 1.38 bits per heavy atom. The van der Waals surface area contributed by atoms with Crippen LogP contribution in [-0.4, -0.2) is 43.2 Å². The van der Waals surface area contributed by atoms with Crippen molar-refractivity contribution in [2.75, 3.05) is 26.2 Å². The zero-order chi connectivity index (χ0) is 14.7. The fourth-order valence-corrected chi connectivity index (χ4v) is 2.45. The first-order valence-electron chi connectivity index (χ1n) is 6.96. The number of morpholine rings is 1. The summed E-state index contributed by atoms with van der Waals surface area (Å²) in [5.41, 5.74) is 0.762. The third-order valence-corrected chi connectivity index (χ3v) is 3.49. The summed E-state index contributed by atoms with van der Waals surface area (Å²) in [6, 6.07) is 8.59. The standard InChI is InChI=1S/C15H17N3O3/c19-14-7-12(11-3-1-2-4-13(11)18-14)15(20)17-9-10-8-16-5-6-21-10/h1-4,7,10,16H,5-6,8-9H2,(H,17,20)(H,18,19). The van der Waals surface area contributed by atoms with Gasteiger partial charge in [-0.3, -0.25) is 9.59 Å². The number of para-hydroxylation sites is 1. The molecule has 1 fully saturated rings. The second-order valence-corrected chi connectivity index (χ2v) is 5.00. The fraction of sp³-hybridized carbons (Fsp3) is 0.333. The van der Waals surface area contributed by atoms with Gasteiger partial charge < -0.3 is 20.4 Å². The van der Waals surface area contributed by atoms with E-state index in [2.05, 4.69) is 15.6 Å². The summed E-state index contributed by atoms with van der Waals surface area (Å²) in [5, 5.41) is 6.77. The van der Waals surface area contributed by atoms with Crippen molar-refractivity contribution >= 4 is 16.8 Å². The maximum absolute atomic E-state index is 12.3. The van der Waals surface area contributed by atoms with Crippen LogP contribution in [0.2, 0.25) is 0 Å². The van der Waals surface area contributed by atoms with E-state index >= 15 is 0 Å². The van der Waals surface area contributed by atoms with Gasteiger partial charge in [-0.2, -0.15) is 0 Å². The van der Waals surface area contributed by atoms with Gasteiger partial charge >= 0.3 is 0 Å². The molecule has 0 aliphatic carbocycles. The van der Waals surface area contributed by atoms with Crippen LogP contribution in [0.1, 0.15) is 10.4 Å². The van der Waals surface area contributed by atoms with Gasteiger partial charge in [-0.15, -0.1) is 0 Å². The molecule has 2 aromatic rings. The molecule has 1 amide bonds. The van der Waals surface area contributed by atoms with Gasteiger partial charge in [0.05, 0.1) is 18.3 Å². The largest absolute Gasteiger partial charge is 0.374 e. The highest BCUT2D eigenvalue weighted by Crippen LogP contribution is 2.14. The number of nitrogens with one attached hydrogen (secondary N) is 3. The number of hydrogen-bond acceptors (Lipinski definition) is 4. The smallest absolute Gasteiger partial charge is 0.252 e. The topological polar surface area (TPSA) is 83.2 Å². The lowest BCUT2D eigenvalue weighted by Crippen LogP contribution is -2.45. The van der Waals surface area contributed by atoms with Gasteiger partial charge in [-0.1, -0.05) is 18.2 Å². The van der Waals surface area contributed by atoms with Crippen molar-refractivity contribution in [2.24, 2.45) is 0 Å². The summed E-state index contributed by atoms with van der Waals surface area (Å²) in [4.78, 5) is 26.7. The summed E-state index contributed by atoms with van der Waals surface area (Å²) in [6.45, 7) is 2.63. The number of benzene rings is 1. The molecule has 1 aromatic carbocycles. The summed E-state index contributed by atoms with van der Waals surface area (Å²) >= 11 is 0. The van der Waals surface area contributed by atoms with Crippen LogP contribution in [-0.2, 0) is 4.74 Å². The van der Waals surface area contributed by atoms with E-state index in [1.54, 1.807) is 6.07 Å². The van der Waals surface area contributed by atoms with E-state index in [0.29, 0.717) is 24.2 Å². The first kappa shape index (κ1) is 13.8. The second-order valence-electron chi connectivity index (χ2n) is 5.00. The molecule has 1 unspecified atom stereocenters. The summed E-state index contributed by atoms with van der Waals surface area (Å²) in [5.74, 6) is -0.258. The SMILES string of the molecule is O=C(NCC1CNCCO1)c1cc(=O)[nH]c2ccccc12. The second kappa shape index (κ2) is 6.07. The van der Waals surface area contributed by atoms with E-state index < -0.39 is 0 Å². The van der Waals surface area contributed by atoms with Crippen LogP contribution >= 0.6 is 0 Å². The molecular formula is C15H17N3O3. The van der Waals surface area contributed by atoms with Crippen molar-refractivity contribution < 1.29 is 9.53 Å². The van der Waals surface area contributed by atoms with Crippen molar-refractivity contribution in [3.05, 3.63) is 46.2 Å². The van der Waals surface area contributed by atoms with E-state index in [1.807, 2.05) is 18.2 Å². The van der Waals surface area contributed by atoms with Crippen LogP contribution in [0.4, 0.5) is 0 Å². The lowest BCUT2D eigenvalue weighted by molar-refractivity contribution is 0.0287. The minimum absolute atomic E-state index is 0.0315. The Morgan fingerprint density at radius 2 is 2.24 bits per heavy atom. The lowest BCUT2D eigenvalue weighted by atomic mass is 10.1. The Hall–Kier alpha value is -2.18. The highest BCUT2D eigenvalue weighted by Gasteiger charge is 2.16. The van der Waals surface area contributed by atoms with Gasteiger partial charge in [0.25, 0.3) is 5.91 Å². The molecular weight excluding hydrogens is 270 g/mol. The molecule has 3 rings (SSSR count). The quantitative estimate of drug-likeness (QED) is 0.755. The van der Waals surface area contributed by atoms with Gasteiger partial charge in [-0.05, 0) is 6.07 Å². The van der Waals surface area contributed by atoms with Gasteiger partial charge in [-0.25, -0.2) is 0 Å². The Morgan fingerprint density at radius 3 is 3.05 bits per heavy atom. The molecule has 6 heteroatoms. The third-order valence-electron chi connectivity index (χ3n) is 3.49. The molecule has 2 heterocycles. The predicted octanol–water partition coefficient (Wildman–Crippen LogP) is 0.246. The molecule has 110 valence electrons. The number of carbonyl (C=O) groups excluding carboxylic acids is 1. The van der Waals surface area contributed by atoms with Crippen LogP contribution < -0.4 is 16.2 Å².